The molecule has 0 heterocycles. The van der Waals surface area contributed by atoms with E-state index in [-0.39, 0.29) is 6.03 Å². The molecule has 1 aromatic carbocycles. The first-order valence-electron chi connectivity index (χ1n) is 4.47. The zero-order chi connectivity index (χ0) is 9.10. The lowest BCUT2D eigenvalue weighted by molar-refractivity contribution is 0.251. The lowest BCUT2D eigenvalue weighted by Gasteiger charge is -2.05. The molecular weight excluding hydrogens is 164 g/mol. The van der Waals surface area contributed by atoms with Crippen LogP contribution in [-0.4, -0.2) is 12.1 Å². The highest BCUT2D eigenvalue weighted by molar-refractivity contribution is 5.89. The summed E-state index contributed by atoms with van der Waals surface area (Å²) in [6, 6.07) is 9.75. The van der Waals surface area contributed by atoms with E-state index in [9.17, 15) is 4.79 Å². The molecule has 2 amide bonds. The molecule has 0 unspecified atom stereocenters. The Morgan fingerprint density at radius 2 is 1.92 bits per heavy atom. The van der Waals surface area contributed by atoms with Gasteiger partial charge in [0.1, 0.15) is 0 Å². The van der Waals surface area contributed by atoms with E-state index in [2.05, 4.69) is 10.6 Å². The molecule has 1 aromatic rings. The summed E-state index contributed by atoms with van der Waals surface area (Å²) in [5.41, 5.74) is 0.834. The van der Waals surface area contributed by atoms with Crippen molar-refractivity contribution in [2.45, 2.75) is 18.9 Å². The van der Waals surface area contributed by atoms with E-state index in [0.29, 0.717) is 6.04 Å². The number of nitrogens with one attached hydrogen (secondary N) is 2. The fraction of sp³-hybridized carbons (Fsp3) is 0.300. The largest absolute Gasteiger partial charge is 0.335 e. The summed E-state index contributed by atoms with van der Waals surface area (Å²) in [5.74, 6) is 0. The lowest BCUT2D eigenvalue weighted by atomic mass is 10.3. The van der Waals surface area contributed by atoms with Gasteiger partial charge in [-0.15, -0.1) is 0 Å². The van der Waals surface area contributed by atoms with Crippen LogP contribution in [0.4, 0.5) is 10.5 Å². The molecule has 13 heavy (non-hydrogen) atoms. The van der Waals surface area contributed by atoms with E-state index in [1.54, 1.807) is 0 Å². The van der Waals surface area contributed by atoms with Crippen LogP contribution in [-0.2, 0) is 0 Å². The number of hydrogen-bond acceptors (Lipinski definition) is 1. The average Bonchev–Trinajstić information content (AvgIpc) is 2.90. The average molecular weight is 176 g/mol. The maximum atomic E-state index is 11.2. The number of benzene rings is 1. The zero-order valence-electron chi connectivity index (χ0n) is 7.29. The summed E-state index contributed by atoms with van der Waals surface area (Å²) in [6.07, 6.45) is 2.23. The van der Waals surface area contributed by atoms with Gasteiger partial charge >= 0.3 is 6.03 Å². The van der Waals surface area contributed by atoms with E-state index < -0.39 is 0 Å². The van der Waals surface area contributed by atoms with E-state index in [0.717, 1.165) is 18.5 Å². The van der Waals surface area contributed by atoms with E-state index >= 15 is 0 Å². The van der Waals surface area contributed by atoms with Crippen LogP contribution in [0.15, 0.2) is 30.3 Å². The van der Waals surface area contributed by atoms with Crippen molar-refractivity contribution in [2.75, 3.05) is 5.32 Å². The van der Waals surface area contributed by atoms with Gasteiger partial charge in [0.05, 0.1) is 0 Å². The number of anilines is 1. The van der Waals surface area contributed by atoms with Gasteiger partial charge in [-0.1, -0.05) is 18.2 Å². The van der Waals surface area contributed by atoms with Crippen molar-refractivity contribution in [3.8, 4) is 0 Å². The standard InChI is InChI=1S/C10H12N2O/c13-10(12-9-6-7-9)11-8-4-2-1-3-5-8/h1-5,9H,6-7H2,(H2,11,12,13). The molecule has 0 bridgehead atoms. The molecule has 3 heteroatoms. The SMILES string of the molecule is O=C(Nc1ccccc1)NC1CC1. The van der Waals surface area contributed by atoms with Crippen molar-refractivity contribution in [1.82, 2.24) is 5.32 Å². The molecule has 1 saturated carbocycles. The van der Waals surface area contributed by atoms with Gasteiger partial charge in [-0.3, -0.25) is 0 Å². The normalized spacial score (nSPS) is 15.1. The van der Waals surface area contributed by atoms with Gasteiger partial charge in [-0.2, -0.15) is 0 Å². The maximum absolute atomic E-state index is 11.2. The van der Waals surface area contributed by atoms with Crippen molar-refractivity contribution in [3.05, 3.63) is 30.3 Å². The predicted octanol–water partition coefficient (Wildman–Crippen LogP) is 1.97. The summed E-state index contributed by atoms with van der Waals surface area (Å²) < 4.78 is 0. The topological polar surface area (TPSA) is 41.1 Å². The van der Waals surface area contributed by atoms with Crippen LogP contribution in [0.3, 0.4) is 0 Å². The minimum absolute atomic E-state index is 0.103. The molecule has 0 radical (unpaired) electrons. The number of para-hydroxylation sites is 1. The summed E-state index contributed by atoms with van der Waals surface area (Å²) in [7, 11) is 0. The number of carbonyl (C=O) groups excluding carboxylic acids is 1. The second kappa shape index (κ2) is 3.47. The van der Waals surface area contributed by atoms with Crippen LogP contribution < -0.4 is 10.6 Å². The summed E-state index contributed by atoms with van der Waals surface area (Å²) in [5, 5.41) is 5.62. The minimum atomic E-state index is -0.103. The first-order chi connectivity index (χ1) is 6.34. The third-order valence-electron chi connectivity index (χ3n) is 1.94. The molecule has 68 valence electrons. The van der Waals surface area contributed by atoms with Crippen molar-refractivity contribution in [1.29, 1.82) is 0 Å². The Bertz CT molecular complexity index is 293. The van der Waals surface area contributed by atoms with Gasteiger partial charge in [-0.25, -0.2) is 4.79 Å². The van der Waals surface area contributed by atoms with Gasteiger partial charge in [0.25, 0.3) is 0 Å². The van der Waals surface area contributed by atoms with Gasteiger partial charge < -0.3 is 10.6 Å². The third-order valence-corrected chi connectivity index (χ3v) is 1.94. The second-order valence-electron chi connectivity index (χ2n) is 3.24. The van der Waals surface area contributed by atoms with Crippen LogP contribution in [0.5, 0.6) is 0 Å². The molecule has 0 atom stereocenters. The molecule has 1 aliphatic carbocycles. The Labute approximate surface area is 77.1 Å². The molecule has 2 N–H and O–H groups in total. The van der Waals surface area contributed by atoms with Crippen molar-refractivity contribution in [2.24, 2.45) is 0 Å². The fourth-order valence-corrected chi connectivity index (χ4v) is 1.10. The van der Waals surface area contributed by atoms with Crippen molar-refractivity contribution in [3.63, 3.8) is 0 Å². The molecule has 0 spiro atoms. The van der Waals surface area contributed by atoms with Gasteiger partial charge in [0.2, 0.25) is 0 Å². The molecule has 1 fully saturated rings. The zero-order valence-corrected chi connectivity index (χ0v) is 7.29. The van der Waals surface area contributed by atoms with Crippen LogP contribution in [0.1, 0.15) is 12.8 Å². The van der Waals surface area contributed by atoms with Crippen LogP contribution >= 0.6 is 0 Å². The number of carbonyl (C=O) groups is 1. The highest BCUT2D eigenvalue weighted by Crippen LogP contribution is 2.18. The monoisotopic (exact) mass is 176 g/mol. The summed E-state index contributed by atoms with van der Waals surface area (Å²) >= 11 is 0. The third kappa shape index (κ3) is 2.47. The predicted molar refractivity (Wildman–Crippen MR) is 51.6 cm³/mol. The number of hydrogen-bond donors (Lipinski definition) is 2. The van der Waals surface area contributed by atoms with Crippen molar-refractivity contribution < 1.29 is 4.79 Å². The first-order valence-corrected chi connectivity index (χ1v) is 4.47. The molecule has 0 aromatic heterocycles. The maximum Gasteiger partial charge on any atom is 0.319 e. The van der Waals surface area contributed by atoms with E-state index in [1.165, 1.54) is 0 Å². The summed E-state index contributed by atoms with van der Waals surface area (Å²) in [4.78, 5) is 11.2. The fourth-order valence-electron chi connectivity index (χ4n) is 1.10. The van der Waals surface area contributed by atoms with Gasteiger partial charge in [-0.05, 0) is 25.0 Å². The van der Waals surface area contributed by atoms with Crippen LogP contribution in [0.25, 0.3) is 0 Å². The quantitative estimate of drug-likeness (QED) is 0.710. The number of rotatable bonds is 2. The smallest absolute Gasteiger partial charge is 0.319 e. The summed E-state index contributed by atoms with van der Waals surface area (Å²) in [6.45, 7) is 0. The highest BCUT2D eigenvalue weighted by atomic mass is 16.2. The highest BCUT2D eigenvalue weighted by Gasteiger charge is 2.22. The molecular formula is C10H12N2O. The Hall–Kier alpha value is -1.51. The molecule has 1 aliphatic rings. The minimum Gasteiger partial charge on any atom is -0.335 e. The van der Waals surface area contributed by atoms with Crippen LogP contribution in [0.2, 0.25) is 0 Å². The van der Waals surface area contributed by atoms with E-state index in [1.807, 2.05) is 30.3 Å². The Balaban J connectivity index is 1.86. The number of amides is 2. The van der Waals surface area contributed by atoms with Crippen molar-refractivity contribution >= 4 is 11.7 Å². The Morgan fingerprint density at radius 1 is 1.23 bits per heavy atom. The Kier molecular flexibility index (Phi) is 2.17. The molecule has 0 aliphatic heterocycles. The van der Waals surface area contributed by atoms with Gasteiger partial charge in [0.15, 0.2) is 0 Å². The Morgan fingerprint density at radius 3 is 2.54 bits per heavy atom. The van der Waals surface area contributed by atoms with Crippen LogP contribution in [0, 0.1) is 0 Å². The molecule has 0 saturated heterocycles. The molecule has 3 nitrogen and oxygen atoms in total. The number of urea groups is 1. The van der Waals surface area contributed by atoms with Gasteiger partial charge in [0, 0.05) is 11.7 Å². The second-order valence-corrected chi connectivity index (χ2v) is 3.24. The first kappa shape index (κ1) is 8.10. The molecule has 2 rings (SSSR count). The van der Waals surface area contributed by atoms with E-state index in [4.69, 9.17) is 0 Å². The lowest BCUT2D eigenvalue weighted by Crippen LogP contribution is -2.30.